The third kappa shape index (κ3) is 3.91. The molecule has 0 saturated carbocycles. The van der Waals surface area contributed by atoms with Gasteiger partial charge in [-0.25, -0.2) is 4.98 Å². The summed E-state index contributed by atoms with van der Waals surface area (Å²) in [6.07, 6.45) is 6.92. The van der Waals surface area contributed by atoms with E-state index in [-0.39, 0.29) is 5.91 Å². The van der Waals surface area contributed by atoms with Gasteiger partial charge in [-0.1, -0.05) is 24.3 Å². The molecule has 0 saturated heterocycles. The van der Waals surface area contributed by atoms with E-state index in [0.29, 0.717) is 11.3 Å². The summed E-state index contributed by atoms with van der Waals surface area (Å²) in [5, 5.41) is 14.6. The smallest absolute Gasteiger partial charge is 0.255 e. The van der Waals surface area contributed by atoms with Crippen molar-refractivity contribution in [1.82, 2.24) is 30.1 Å². The molecule has 6 aromatic heterocycles. The number of carbonyl (C=O) groups is 1. The normalized spacial score (nSPS) is 11.3. The molecule has 8 nitrogen and oxygen atoms in total. The summed E-state index contributed by atoms with van der Waals surface area (Å²) in [5.74, 6) is -0.195. The number of rotatable bonds is 5. The van der Waals surface area contributed by atoms with Crippen LogP contribution in [0.5, 0.6) is 0 Å². The van der Waals surface area contributed by atoms with E-state index in [1.54, 1.807) is 42.1 Å². The summed E-state index contributed by atoms with van der Waals surface area (Å²) in [7, 11) is 0. The van der Waals surface area contributed by atoms with Crippen LogP contribution >= 0.6 is 11.3 Å². The Morgan fingerprint density at radius 3 is 2.68 bits per heavy atom. The van der Waals surface area contributed by atoms with Crippen LogP contribution < -0.4 is 5.32 Å². The molecule has 0 radical (unpaired) electrons. The average Bonchev–Trinajstić information content (AvgIpc) is 3.73. The van der Waals surface area contributed by atoms with Gasteiger partial charge in [-0.2, -0.15) is 5.10 Å². The zero-order chi connectivity index (χ0) is 25.5. The van der Waals surface area contributed by atoms with Crippen molar-refractivity contribution in [1.29, 1.82) is 0 Å². The molecule has 7 rings (SSSR count). The van der Waals surface area contributed by atoms with Gasteiger partial charge in [-0.05, 0) is 47.8 Å². The zero-order valence-electron chi connectivity index (χ0n) is 19.8. The van der Waals surface area contributed by atoms with Gasteiger partial charge in [0, 0.05) is 44.7 Å². The van der Waals surface area contributed by atoms with Crippen LogP contribution in [0.3, 0.4) is 0 Å². The molecule has 0 bridgehead atoms. The highest BCUT2D eigenvalue weighted by Gasteiger charge is 2.16. The van der Waals surface area contributed by atoms with Gasteiger partial charge in [0.25, 0.3) is 5.91 Å². The fourth-order valence-electron chi connectivity index (χ4n) is 4.52. The number of H-pyrrole nitrogens is 2. The number of benzene rings is 1. The predicted octanol–water partition coefficient (Wildman–Crippen LogP) is 6.54. The number of thiophene rings is 1. The van der Waals surface area contributed by atoms with Crippen molar-refractivity contribution in [2.75, 3.05) is 5.32 Å². The fourth-order valence-corrected chi connectivity index (χ4v) is 5.29. The molecule has 9 heteroatoms. The Labute approximate surface area is 220 Å². The van der Waals surface area contributed by atoms with Gasteiger partial charge in [0.1, 0.15) is 11.3 Å². The molecular formula is C29H19N7OS. The lowest BCUT2D eigenvalue weighted by atomic mass is 10.1. The number of carbonyl (C=O) groups excluding carboxylic acids is 1. The number of aromatic amines is 2. The number of hydrogen-bond acceptors (Lipinski definition) is 6. The van der Waals surface area contributed by atoms with E-state index in [1.807, 2.05) is 48.7 Å². The maximum atomic E-state index is 12.6. The minimum Gasteiger partial charge on any atom is -0.338 e. The first-order valence-electron chi connectivity index (χ1n) is 11.9. The van der Waals surface area contributed by atoms with E-state index in [1.165, 1.54) is 4.88 Å². The number of amides is 1. The molecule has 7 aromatic rings. The van der Waals surface area contributed by atoms with Crippen molar-refractivity contribution >= 4 is 44.9 Å². The van der Waals surface area contributed by atoms with Crippen LogP contribution in [0, 0.1) is 0 Å². The predicted molar refractivity (Wildman–Crippen MR) is 150 cm³/mol. The topological polar surface area (TPSA) is 112 Å². The van der Waals surface area contributed by atoms with Crippen LogP contribution in [0.2, 0.25) is 0 Å². The number of nitrogens with one attached hydrogen (secondary N) is 3. The third-order valence-corrected chi connectivity index (χ3v) is 7.25. The fraction of sp³-hybridized carbons (Fsp3) is 0. The summed E-state index contributed by atoms with van der Waals surface area (Å²) in [6, 6.07) is 21.2. The first-order chi connectivity index (χ1) is 18.7. The molecule has 6 heterocycles. The minimum absolute atomic E-state index is 0.195. The molecule has 0 unspecified atom stereocenters. The Hall–Kier alpha value is -5.15. The summed E-state index contributed by atoms with van der Waals surface area (Å²) < 4.78 is 0. The molecule has 1 aromatic carbocycles. The first kappa shape index (κ1) is 22.1. The van der Waals surface area contributed by atoms with Gasteiger partial charge in [-0.3, -0.25) is 19.9 Å². The van der Waals surface area contributed by atoms with Gasteiger partial charge in [0.15, 0.2) is 0 Å². The third-order valence-electron chi connectivity index (χ3n) is 6.35. The standard InChI is InChI=1S/C29H19N7OS/c37-29(17-5-2-1-3-6-17)33-19-11-18(14-30-15-19)23-13-22-25(16-32-23)35-36-27(22)24-12-21-20(26-7-4-10-38-26)8-9-31-28(21)34-24/h1-16H,(H,31,34)(H,33,37)(H,35,36). The highest BCUT2D eigenvalue weighted by Crippen LogP contribution is 2.35. The van der Waals surface area contributed by atoms with E-state index >= 15 is 0 Å². The van der Waals surface area contributed by atoms with Crippen molar-refractivity contribution in [2.24, 2.45) is 0 Å². The van der Waals surface area contributed by atoms with Crippen LogP contribution in [0.15, 0.2) is 96.9 Å². The summed E-state index contributed by atoms with van der Waals surface area (Å²) in [6.45, 7) is 0. The Morgan fingerprint density at radius 2 is 1.82 bits per heavy atom. The van der Waals surface area contributed by atoms with Gasteiger partial charge >= 0.3 is 0 Å². The first-order valence-corrected chi connectivity index (χ1v) is 12.8. The Balaban J connectivity index is 1.25. The van der Waals surface area contributed by atoms with Crippen molar-refractivity contribution in [3.8, 4) is 33.1 Å². The van der Waals surface area contributed by atoms with E-state index in [4.69, 9.17) is 0 Å². The average molecular weight is 514 g/mol. The van der Waals surface area contributed by atoms with E-state index < -0.39 is 0 Å². The Kier molecular flexibility index (Phi) is 5.26. The number of pyridine rings is 3. The van der Waals surface area contributed by atoms with Crippen molar-refractivity contribution < 1.29 is 4.79 Å². The maximum absolute atomic E-state index is 12.6. The monoisotopic (exact) mass is 513 g/mol. The van der Waals surface area contributed by atoms with Gasteiger partial charge in [0.05, 0.1) is 35.0 Å². The molecular weight excluding hydrogens is 494 g/mol. The second-order valence-electron chi connectivity index (χ2n) is 8.75. The lowest BCUT2D eigenvalue weighted by Crippen LogP contribution is -2.11. The minimum atomic E-state index is -0.195. The molecule has 38 heavy (non-hydrogen) atoms. The molecule has 0 aliphatic rings. The highest BCUT2D eigenvalue weighted by molar-refractivity contribution is 7.13. The second kappa shape index (κ2) is 9.06. The van der Waals surface area contributed by atoms with Crippen LogP contribution in [0.1, 0.15) is 10.4 Å². The summed E-state index contributed by atoms with van der Waals surface area (Å²) in [4.78, 5) is 30.7. The van der Waals surface area contributed by atoms with Crippen molar-refractivity contribution in [3.63, 3.8) is 0 Å². The van der Waals surface area contributed by atoms with E-state index in [2.05, 4.69) is 53.0 Å². The summed E-state index contributed by atoms with van der Waals surface area (Å²) >= 11 is 1.70. The Morgan fingerprint density at radius 1 is 0.895 bits per heavy atom. The van der Waals surface area contributed by atoms with Crippen molar-refractivity contribution in [3.05, 3.63) is 102 Å². The maximum Gasteiger partial charge on any atom is 0.255 e. The molecule has 0 aliphatic carbocycles. The van der Waals surface area contributed by atoms with Crippen LogP contribution in [0.25, 0.3) is 55.0 Å². The van der Waals surface area contributed by atoms with Crippen LogP contribution in [-0.2, 0) is 0 Å². The largest absolute Gasteiger partial charge is 0.338 e. The highest BCUT2D eigenvalue weighted by atomic mass is 32.1. The molecule has 1 amide bonds. The number of hydrogen-bond donors (Lipinski definition) is 3. The molecule has 0 atom stereocenters. The molecule has 3 N–H and O–H groups in total. The molecule has 0 aliphatic heterocycles. The number of nitrogens with zero attached hydrogens (tertiary/aromatic N) is 4. The van der Waals surface area contributed by atoms with Gasteiger partial charge < -0.3 is 10.3 Å². The summed E-state index contributed by atoms with van der Waals surface area (Å²) in [5.41, 5.74) is 7.07. The van der Waals surface area contributed by atoms with E-state index in [9.17, 15) is 4.79 Å². The number of aromatic nitrogens is 6. The SMILES string of the molecule is O=C(Nc1cncc(-c2cc3c(-c4cc5c(-c6cccs6)ccnc5[nH]4)n[nH]c3cn2)c1)c1ccccc1. The number of fused-ring (bicyclic) bond motifs is 2. The van der Waals surface area contributed by atoms with Gasteiger partial charge in [-0.15, -0.1) is 11.3 Å². The zero-order valence-corrected chi connectivity index (χ0v) is 20.7. The molecule has 0 fully saturated rings. The second-order valence-corrected chi connectivity index (χ2v) is 9.70. The lowest BCUT2D eigenvalue weighted by Gasteiger charge is -2.07. The Bertz CT molecular complexity index is 1920. The van der Waals surface area contributed by atoms with Crippen LogP contribution in [0.4, 0.5) is 5.69 Å². The number of anilines is 1. The quantitative estimate of drug-likeness (QED) is 0.242. The van der Waals surface area contributed by atoms with Crippen molar-refractivity contribution in [2.45, 2.75) is 0 Å². The molecule has 0 spiro atoms. The van der Waals surface area contributed by atoms with Gasteiger partial charge in [0.2, 0.25) is 0 Å². The van der Waals surface area contributed by atoms with E-state index in [0.717, 1.165) is 50.1 Å². The van der Waals surface area contributed by atoms with Crippen LogP contribution in [-0.4, -0.2) is 36.0 Å². The molecule has 182 valence electrons. The lowest BCUT2D eigenvalue weighted by molar-refractivity contribution is 0.102.